The Kier molecular flexibility index (Phi) is 8.12. The first-order chi connectivity index (χ1) is 15.6. The van der Waals surface area contributed by atoms with Gasteiger partial charge in [-0.3, -0.25) is 14.9 Å². The number of halogens is 2. The Morgan fingerprint density at radius 3 is 2.67 bits per heavy atom. The van der Waals surface area contributed by atoms with Crippen LogP contribution >= 0.6 is 23.2 Å². The number of anilines is 1. The molecule has 0 radical (unpaired) electrons. The van der Waals surface area contributed by atoms with E-state index in [2.05, 4.69) is 20.9 Å². The van der Waals surface area contributed by atoms with Crippen molar-refractivity contribution in [1.82, 2.24) is 25.2 Å². The minimum atomic E-state index is -0.709. The fraction of sp³-hybridized carbons (Fsp3) is 0.364. The lowest BCUT2D eigenvalue weighted by Gasteiger charge is -2.29. The molecule has 33 heavy (non-hydrogen) atoms. The summed E-state index contributed by atoms with van der Waals surface area (Å²) in [6.45, 7) is 6.29. The summed E-state index contributed by atoms with van der Waals surface area (Å²) in [6.07, 6.45) is 9.21. The molecule has 11 heteroatoms. The van der Waals surface area contributed by atoms with Crippen LogP contribution in [0.4, 0.5) is 5.69 Å². The van der Waals surface area contributed by atoms with Crippen LogP contribution in [0, 0.1) is 0 Å². The van der Waals surface area contributed by atoms with Crippen LogP contribution in [0.25, 0.3) is 5.69 Å². The average molecular weight is 493 g/mol. The van der Waals surface area contributed by atoms with Gasteiger partial charge in [0.1, 0.15) is 11.6 Å². The van der Waals surface area contributed by atoms with Crippen LogP contribution in [0.2, 0.25) is 10.2 Å². The van der Waals surface area contributed by atoms with Crippen molar-refractivity contribution >= 4 is 40.8 Å². The van der Waals surface area contributed by atoms with Gasteiger partial charge in [-0.1, -0.05) is 40.6 Å². The number of rotatable bonds is 8. The third kappa shape index (κ3) is 7.59. The summed E-state index contributed by atoms with van der Waals surface area (Å²) < 4.78 is 6.97. The predicted octanol–water partition coefficient (Wildman–Crippen LogP) is 3.20. The lowest BCUT2D eigenvalue weighted by Crippen LogP contribution is -2.49. The van der Waals surface area contributed by atoms with Crippen LogP contribution in [-0.4, -0.2) is 63.0 Å². The number of ether oxygens (including phenoxy) is 1. The van der Waals surface area contributed by atoms with Crippen molar-refractivity contribution in [3.63, 3.8) is 0 Å². The number of carbonyl (C=O) groups excluding carboxylic acids is 2. The monoisotopic (exact) mass is 492 g/mol. The standard InChI is InChI=1S/C22H26Cl2N6O3/c1-22(2,3)33-21(32)17(13-29-9-5-4-6-10-29)25-12-20(31)26-16-11-15(23)7-8-18(16)30-14-19(24)27-28-30/h4-9,11,14,17,25H,10,12-13H2,1-3H3,(H,26,31). The molecule has 1 aliphatic heterocycles. The molecule has 3 rings (SSSR count). The highest BCUT2D eigenvalue weighted by Crippen LogP contribution is 2.24. The summed E-state index contributed by atoms with van der Waals surface area (Å²) in [5, 5.41) is 14.1. The Bertz CT molecular complexity index is 1060. The van der Waals surface area contributed by atoms with Gasteiger partial charge in [0.25, 0.3) is 0 Å². The number of benzene rings is 1. The topological polar surface area (TPSA) is 101 Å². The van der Waals surface area contributed by atoms with Gasteiger partial charge in [0.05, 0.1) is 24.1 Å². The van der Waals surface area contributed by atoms with Gasteiger partial charge in [-0.25, -0.2) is 4.68 Å². The highest BCUT2D eigenvalue weighted by Gasteiger charge is 2.27. The summed E-state index contributed by atoms with van der Waals surface area (Å²) in [7, 11) is 0. The number of allylic oxidation sites excluding steroid dienone is 2. The molecular weight excluding hydrogens is 467 g/mol. The highest BCUT2D eigenvalue weighted by molar-refractivity contribution is 6.31. The van der Waals surface area contributed by atoms with Gasteiger partial charge < -0.3 is 15.0 Å². The van der Waals surface area contributed by atoms with Crippen molar-refractivity contribution < 1.29 is 14.3 Å². The van der Waals surface area contributed by atoms with Crippen molar-refractivity contribution in [2.24, 2.45) is 0 Å². The van der Waals surface area contributed by atoms with E-state index in [0.717, 1.165) is 0 Å². The first-order valence-corrected chi connectivity index (χ1v) is 11.1. The van der Waals surface area contributed by atoms with Crippen LogP contribution in [0.1, 0.15) is 20.8 Å². The van der Waals surface area contributed by atoms with E-state index in [1.54, 1.807) is 39.0 Å². The molecule has 0 aliphatic carbocycles. The van der Waals surface area contributed by atoms with Gasteiger partial charge in [0, 0.05) is 18.1 Å². The SMILES string of the molecule is CC(C)(C)OC(=O)C(CN1C=CC=CC1)NCC(=O)Nc1cc(Cl)ccc1-n1cc(Cl)nn1. The fourth-order valence-corrected chi connectivity index (χ4v) is 3.35. The molecule has 1 atom stereocenters. The Morgan fingerprint density at radius 2 is 2.03 bits per heavy atom. The largest absolute Gasteiger partial charge is 0.459 e. The van der Waals surface area contributed by atoms with E-state index in [9.17, 15) is 9.59 Å². The summed E-state index contributed by atoms with van der Waals surface area (Å²) >= 11 is 12.0. The number of hydrogen-bond donors (Lipinski definition) is 2. The lowest BCUT2D eigenvalue weighted by molar-refractivity contribution is -0.157. The maximum atomic E-state index is 12.8. The van der Waals surface area contributed by atoms with E-state index in [4.69, 9.17) is 27.9 Å². The summed E-state index contributed by atoms with van der Waals surface area (Å²) in [4.78, 5) is 27.5. The van der Waals surface area contributed by atoms with Gasteiger partial charge in [0.2, 0.25) is 5.91 Å². The van der Waals surface area contributed by atoms with Gasteiger partial charge in [0.15, 0.2) is 5.15 Å². The lowest BCUT2D eigenvalue weighted by atomic mass is 10.2. The maximum Gasteiger partial charge on any atom is 0.325 e. The molecule has 2 heterocycles. The minimum absolute atomic E-state index is 0.124. The minimum Gasteiger partial charge on any atom is -0.459 e. The smallest absolute Gasteiger partial charge is 0.325 e. The molecule has 1 unspecified atom stereocenters. The summed E-state index contributed by atoms with van der Waals surface area (Å²) in [6, 6.07) is 4.25. The zero-order valence-electron chi connectivity index (χ0n) is 18.6. The molecular formula is C22H26Cl2N6O3. The average Bonchev–Trinajstić information content (AvgIpc) is 3.16. The third-order valence-corrected chi connectivity index (χ3v) is 4.85. The van der Waals surface area contributed by atoms with Crippen molar-refractivity contribution in [1.29, 1.82) is 0 Å². The second kappa shape index (κ2) is 10.8. The van der Waals surface area contributed by atoms with Crippen molar-refractivity contribution in [3.05, 3.63) is 59.0 Å². The molecule has 9 nitrogen and oxygen atoms in total. The molecule has 0 saturated heterocycles. The van der Waals surface area contributed by atoms with E-state index < -0.39 is 17.6 Å². The number of nitrogens with one attached hydrogen (secondary N) is 2. The van der Waals surface area contributed by atoms with Gasteiger partial charge >= 0.3 is 5.97 Å². The molecule has 0 fully saturated rings. The number of hydrogen-bond acceptors (Lipinski definition) is 7. The number of aromatic nitrogens is 3. The van der Waals surface area contributed by atoms with Crippen LogP contribution in [0.15, 0.2) is 48.8 Å². The van der Waals surface area contributed by atoms with Gasteiger partial charge in [-0.05, 0) is 51.2 Å². The van der Waals surface area contributed by atoms with E-state index >= 15 is 0 Å². The van der Waals surface area contributed by atoms with Crippen LogP contribution in [0.5, 0.6) is 0 Å². The first-order valence-electron chi connectivity index (χ1n) is 10.3. The second-order valence-electron chi connectivity index (χ2n) is 8.39. The fourth-order valence-electron chi connectivity index (χ4n) is 3.05. The Labute approximate surface area is 202 Å². The van der Waals surface area contributed by atoms with Gasteiger partial charge in [-0.2, -0.15) is 0 Å². The number of carbonyl (C=O) groups is 2. The zero-order valence-corrected chi connectivity index (χ0v) is 20.1. The number of nitrogens with zero attached hydrogens (tertiary/aromatic N) is 4. The molecule has 2 aromatic rings. The van der Waals surface area contributed by atoms with Crippen molar-refractivity contribution in [2.75, 3.05) is 25.0 Å². The maximum absolute atomic E-state index is 12.8. The second-order valence-corrected chi connectivity index (χ2v) is 9.21. The summed E-state index contributed by atoms with van der Waals surface area (Å²) in [5.41, 5.74) is 0.320. The molecule has 176 valence electrons. The van der Waals surface area contributed by atoms with Crippen molar-refractivity contribution in [2.45, 2.75) is 32.4 Å². The first kappa shape index (κ1) is 24.8. The normalized spacial score (nSPS) is 14.3. The molecule has 1 aromatic heterocycles. The van der Waals surface area contributed by atoms with Crippen LogP contribution in [0.3, 0.4) is 0 Å². The van der Waals surface area contributed by atoms with Crippen molar-refractivity contribution in [3.8, 4) is 5.69 Å². The quantitative estimate of drug-likeness (QED) is 0.545. The Hall–Kier alpha value is -2.88. The van der Waals surface area contributed by atoms with Crippen LogP contribution in [-0.2, 0) is 14.3 Å². The van der Waals surface area contributed by atoms with E-state index in [-0.39, 0.29) is 17.6 Å². The third-order valence-electron chi connectivity index (χ3n) is 4.45. The van der Waals surface area contributed by atoms with E-state index in [1.807, 2.05) is 29.3 Å². The Balaban J connectivity index is 1.68. The molecule has 1 amide bonds. The zero-order chi connectivity index (χ0) is 24.0. The van der Waals surface area contributed by atoms with E-state index in [1.165, 1.54) is 10.9 Å². The summed E-state index contributed by atoms with van der Waals surface area (Å²) in [5.74, 6) is -0.800. The Morgan fingerprint density at radius 1 is 1.24 bits per heavy atom. The number of esters is 1. The molecule has 2 N–H and O–H groups in total. The number of amides is 1. The molecule has 1 aliphatic rings. The van der Waals surface area contributed by atoms with Crippen LogP contribution < -0.4 is 10.6 Å². The molecule has 1 aromatic carbocycles. The van der Waals surface area contributed by atoms with Gasteiger partial charge in [-0.15, -0.1) is 5.10 Å². The molecule has 0 saturated carbocycles. The molecule has 0 bridgehead atoms. The highest BCUT2D eigenvalue weighted by atomic mass is 35.5. The van der Waals surface area contributed by atoms with E-state index in [0.29, 0.717) is 29.5 Å². The predicted molar refractivity (Wildman–Crippen MR) is 127 cm³/mol. The molecule has 0 spiro atoms.